The van der Waals surface area contributed by atoms with E-state index in [1.807, 2.05) is 30.3 Å². The van der Waals surface area contributed by atoms with E-state index in [4.69, 9.17) is 0 Å². The molecule has 30 heavy (non-hydrogen) atoms. The zero-order valence-electron chi connectivity index (χ0n) is 17.3. The van der Waals surface area contributed by atoms with Crippen molar-refractivity contribution in [2.24, 2.45) is 5.92 Å². The molecule has 0 spiro atoms. The summed E-state index contributed by atoms with van der Waals surface area (Å²) in [6.07, 6.45) is 6.26. The Bertz CT molecular complexity index is 981. The molecule has 1 fully saturated rings. The number of fused-ring (bicyclic) bond motifs is 1. The zero-order chi connectivity index (χ0) is 21.0. The van der Waals surface area contributed by atoms with Gasteiger partial charge < -0.3 is 5.32 Å². The first-order valence-electron chi connectivity index (χ1n) is 11.0. The number of nitrogens with one attached hydrogen (secondary N) is 1. The second-order valence-corrected chi connectivity index (χ2v) is 10.3. The molecule has 5 nitrogen and oxygen atoms in total. The Kier molecular flexibility index (Phi) is 6.54. The Morgan fingerprint density at radius 3 is 2.40 bits per heavy atom. The molecule has 1 amide bonds. The van der Waals surface area contributed by atoms with Gasteiger partial charge in [-0.15, -0.1) is 0 Å². The number of nitrogens with zero attached hydrogens (tertiary/aromatic N) is 1. The van der Waals surface area contributed by atoms with Crippen molar-refractivity contribution < 1.29 is 13.2 Å². The maximum atomic E-state index is 13.1. The summed E-state index contributed by atoms with van der Waals surface area (Å²) in [4.78, 5) is 12.9. The number of benzene rings is 2. The molecule has 160 valence electrons. The highest BCUT2D eigenvalue weighted by Gasteiger charge is 2.32. The fraction of sp³-hybridized carbons (Fsp3) is 0.458. The van der Waals surface area contributed by atoms with Gasteiger partial charge in [-0.2, -0.15) is 4.31 Å². The molecule has 2 aromatic rings. The van der Waals surface area contributed by atoms with E-state index in [0.717, 1.165) is 25.7 Å². The van der Waals surface area contributed by atoms with Crippen molar-refractivity contribution in [3.05, 3.63) is 65.2 Å². The third-order valence-electron chi connectivity index (χ3n) is 6.34. The summed E-state index contributed by atoms with van der Waals surface area (Å²) in [6, 6.07) is 15.7. The second-order valence-electron chi connectivity index (χ2n) is 8.34. The SMILES string of the molecule is O=C(NCCc1ccccc1)C1CCN(S(=O)(=O)c2ccc3c(c2)CCCC3)CC1. The fourth-order valence-electron chi connectivity index (χ4n) is 4.50. The first kappa shape index (κ1) is 21.1. The lowest BCUT2D eigenvalue weighted by Crippen LogP contribution is -2.43. The third-order valence-corrected chi connectivity index (χ3v) is 8.23. The number of hydrogen-bond donors (Lipinski definition) is 1. The van der Waals surface area contributed by atoms with Gasteiger partial charge in [-0.1, -0.05) is 36.4 Å². The smallest absolute Gasteiger partial charge is 0.243 e. The topological polar surface area (TPSA) is 66.5 Å². The third kappa shape index (κ3) is 4.76. The lowest BCUT2D eigenvalue weighted by Gasteiger charge is -2.31. The van der Waals surface area contributed by atoms with E-state index < -0.39 is 10.0 Å². The molecule has 0 bridgehead atoms. The highest BCUT2D eigenvalue weighted by Crippen LogP contribution is 2.28. The summed E-state index contributed by atoms with van der Waals surface area (Å²) >= 11 is 0. The van der Waals surface area contributed by atoms with Crippen LogP contribution in [0.2, 0.25) is 0 Å². The predicted molar refractivity (Wildman–Crippen MR) is 118 cm³/mol. The van der Waals surface area contributed by atoms with Crippen molar-refractivity contribution in [1.82, 2.24) is 9.62 Å². The zero-order valence-corrected chi connectivity index (χ0v) is 18.2. The normalized spacial score (nSPS) is 18.0. The monoisotopic (exact) mass is 426 g/mol. The summed E-state index contributed by atoms with van der Waals surface area (Å²) < 4.78 is 27.8. The Hall–Kier alpha value is -2.18. The van der Waals surface area contributed by atoms with E-state index in [0.29, 0.717) is 37.4 Å². The minimum atomic E-state index is -3.50. The van der Waals surface area contributed by atoms with Crippen molar-refractivity contribution >= 4 is 15.9 Å². The molecular weight excluding hydrogens is 396 g/mol. The number of rotatable bonds is 6. The Balaban J connectivity index is 1.30. The van der Waals surface area contributed by atoms with Gasteiger partial charge in [-0.05, 0) is 73.8 Å². The van der Waals surface area contributed by atoms with E-state index >= 15 is 0 Å². The first-order chi connectivity index (χ1) is 14.5. The molecule has 2 aliphatic rings. The number of sulfonamides is 1. The van der Waals surface area contributed by atoms with Gasteiger partial charge in [-0.25, -0.2) is 8.42 Å². The van der Waals surface area contributed by atoms with Crippen LogP contribution in [-0.4, -0.2) is 38.3 Å². The molecule has 1 N–H and O–H groups in total. The van der Waals surface area contributed by atoms with Crippen LogP contribution in [0.5, 0.6) is 0 Å². The first-order valence-corrected chi connectivity index (χ1v) is 12.4. The van der Waals surface area contributed by atoms with Crippen LogP contribution in [0.25, 0.3) is 0 Å². The molecular formula is C24H30N2O3S. The fourth-order valence-corrected chi connectivity index (χ4v) is 6.02. The van der Waals surface area contributed by atoms with Gasteiger partial charge in [-0.3, -0.25) is 4.79 Å². The van der Waals surface area contributed by atoms with Crippen LogP contribution in [0.3, 0.4) is 0 Å². The number of carbonyl (C=O) groups excluding carboxylic acids is 1. The van der Waals surface area contributed by atoms with Crippen molar-refractivity contribution in [2.75, 3.05) is 19.6 Å². The average Bonchev–Trinajstić information content (AvgIpc) is 2.79. The van der Waals surface area contributed by atoms with Crippen molar-refractivity contribution in [3.8, 4) is 0 Å². The molecule has 4 rings (SSSR count). The maximum Gasteiger partial charge on any atom is 0.243 e. The summed E-state index contributed by atoms with van der Waals surface area (Å²) in [7, 11) is -3.50. The van der Waals surface area contributed by atoms with Crippen molar-refractivity contribution in [3.63, 3.8) is 0 Å². The molecule has 1 saturated heterocycles. The Morgan fingerprint density at radius 2 is 1.67 bits per heavy atom. The van der Waals surface area contributed by atoms with Crippen LogP contribution in [0, 0.1) is 5.92 Å². The highest BCUT2D eigenvalue weighted by atomic mass is 32.2. The van der Waals surface area contributed by atoms with Gasteiger partial charge in [0, 0.05) is 25.6 Å². The number of amides is 1. The largest absolute Gasteiger partial charge is 0.356 e. The minimum Gasteiger partial charge on any atom is -0.356 e. The Morgan fingerprint density at radius 1 is 0.967 bits per heavy atom. The standard InChI is InChI=1S/C24H30N2O3S/c27-24(25-15-12-19-6-2-1-3-7-19)21-13-16-26(17-14-21)30(28,29)23-11-10-20-8-4-5-9-22(20)18-23/h1-3,6-7,10-11,18,21H,4-5,8-9,12-17H2,(H,25,27). The van der Waals surface area contributed by atoms with Gasteiger partial charge >= 0.3 is 0 Å². The van der Waals surface area contributed by atoms with Gasteiger partial charge in [0.2, 0.25) is 15.9 Å². The summed E-state index contributed by atoms with van der Waals surface area (Å²) in [5.41, 5.74) is 3.66. The van der Waals surface area contributed by atoms with Gasteiger partial charge in [0.15, 0.2) is 0 Å². The van der Waals surface area contributed by atoms with Crippen LogP contribution < -0.4 is 5.32 Å². The van der Waals surface area contributed by atoms with E-state index in [-0.39, 0.29) is 11.8 Å². The lowest BCUT2D eigenvalue weighted by molar-refractivity contribution is -0.126. The van der Waals surface area contributed by atoms with Gasteiger partial charge in [0.25, 0.3) is 0 Å². The van der Waals surface area contributed by atoms with Gasteiger partial charge in [0.1, 0.15) is 0 Å². The number of piperidine rings is 1. The van der Waals surface area contributed by atoms with Crippen LogP contribution in [0.15, 0.2) is 53.4 Å². The molecule has 1 heterocycles. The molecule has 0 saturated carbocycles. The lowest BCUT2D eigenvalue weighted by atomic mass is 9.92. The van der Waals surface area contributed by atoms with Crippen LogP contribution in [0.1, 0.15) is 42.4 Å². The number of aryl methyl sites for hydroxylation is 2. The highest BCUT2D eigenvalue weighted by molar-refractivity contribution is 7.89. The maximum absolute atomic E-state index is 13.1. The Labute approximate surface area is 179 Å². The van der Waals surface area contributed by atoms with E-state index in [9.17, 15) is 13.2 Å². The molecule has 1 aliphatic heterocycles. The van der Waals surface area contributed by atoms with Crippen LogP contribution in [0.4, 0.5) is 0 Å². The van der Waals surface area contributed by atoms with Crippen LogP contribution in [-0.2, 0) is 34.1 Å². The molecule has 0 aromatic heterocycles. The second kappa shape index (κ2) is 9.31. The molecule has 0 radical (unpaired) electrons. The quantitative estimate of drug-likeness (QED) is 0.771. The molecule has 6 heteroatoms. The van der Waals surface area contributed by atoms with E-state index in [2.05, 4.69) is 17.4 Å². The van der Waals surface area contributed by atoms with Crippen molar-refractivity contribution in [1.29, 1.82) is 0 Å². The van der Waals surface area contributed by atoms with Crippen molar-refractivity contribution in [2.45, 2.75) is 49.8 Å². The summed E-state index contributed by atoms with van der Waals surface area (Å²) in [6.45, 7) is 1.41. The summed E-state index contributed by atoms with van der Waals surface area (Å²) in [5.74, 6) is -0.0764. The molecule has 1 aliphatic carbocycles. The minimum absolute atomic E-state index is 0.0387. The van der Waals surface area contributed by atoms with E-state index in [1.54, 1.807) is 10.4 Å². The number of hydrogen-bond acceptors (Lipinski definition) is 3. The van der Waals surface area contributed by atoms with Gasteiger partial charge in [0.05, 0.1) is 4.90 Å². The summed E-state index contributed by atoms with van der Waals surface area (Å²) in [5, 5.41) is 3.01. The number of carbonyl (C=O) groups is 1. The molecule has 0 unspecified atom stereocenters. The molecule has 2 aromatic carbocycles. The molecule has 0 atom stereocenters. The average molecular weight is 427 g/mol. The van der Waals surface area contributed by atoms with Crippen LogP contribution >= 0.6 is 0 Å². The predicted octanol–water partition coefficient (Wildman–Crippen LogP) is 3.33. The van der Waals surface area contributed by atoms with E-state index in [1.165, 1.54) is 23.1 Å².